The molecule has 13 heavy (non-hydrogen) atoms. The van der Waals surface area contributed by atoms with E-state index in [2.05, 4.69) is 36.2 Å². The van der Waals surface area contributed by atoms with Crippen LogP contribution in [0.15, 0.2) is 36.6 Å². The summed E-state index contributed by atoms with van der Waals surface area (Å²) in [5.41, 5.74) is 3.76. The highest BCUT2D eigenvalue weighted by molar-refractivity contribution is 5.65. The van der Waals surface area contributed by atoms with Gasteiger partial charge >= 0.3 is 0 Å². The largest absolute Gasteiger partial charge is 0.257 e. The molecule has 0 spiro atoms. The Kier molecular flexibility index (Phi) is 2.26. The van der Waals surface area contributed by atoms with Crippen LogP contribution in [-0.4, -0.2) is 4.98 Å². The van der Waals surface area contributed by atoms with Crippen molar-refractivity contribution in [2.45, 2.75) is 19.8 Å². The Bertz CT molecular complexity index is 361. The molecule has 1 nitrogen and oxygen atoms in total. The number of hydrogen-bond acceptors (Lipinski definition) is 1. The molecule has 1 heterocycles. The molecule has 0 aromatic carbocycles. The number of rotatable bonds is 1. The van der Waals surface area contributed by atoms with Crippen LogP contribution in [0.1, 0.15) is 24.1 Å². The van der Waals surface area contributed by atoms with Gasteiger partial charge in [0.2, 0.25) is 0 Å². The molecule has 0 aliphatic heterocycles. The number of hydrogen-bond donors (Lipinski definition) is 0. The van der Waals surface area contributed by atoms with E-state index in [1.807, 2.05) is 12.3 Å². The molecule has 1 aliphatic rings. The molecule has 0 N–H and O–H groups in total. The van der Waals surface area contributed by atoms with Gasteiger partial charge in [-0.3, -0.25) is 4.98 Å². The zero-order valence-electron chi connectivity index (χ0n) is 7.83. The van der Waals surface area contributed by atoms with Crippen LogP contribution >= 0.6 is 0 Å². The third-order valence-electron chi connectivity index (χ3n) is 2.26. The lowest BCUT2D eigenvalue weighted by Crippen LogP contribution is -1.91. The number of allylic oxidation sites excluding steroid dienone is 4. The minimum absolute atomic E-state index is 1.12. The summed E-state index contributed by atoms with van der Waals surface area (Å²) in [6.07, 6.45) is 10.6. The van der Waals surface area contributed by atoms with E-state index in [1.54, 1.807) is 0 Å². The van der Waals surface area contributed by atoms with Gasteiger partial charge in [0.25, 0.3) is 0 Å². The van der Waals surface area contributed by atoms with Crippen LogP contribution in [0, 0.1) is 6.92 Å². The lowest BCUT2D eigenvalue weighted by Gasteiger charge is -2.08. The van der Waals surface area contributed by atoms with Gasteiger partial charge in [-0.05, 0) is 43.0 Å². The minimum atomic E-state index is 1.12. The van der Waals surface area contributed by atoms with Gasteiger partial charge in [0.05, 0.1) is 5.69 Å². The summed E-state index contributed by atoms with van der Waals surface area (Å²) in [5.74, 6) is 0. The van der Waals surface area contributed by atoms with Crippen LogP contribution in [0.3, 0.4) is 0 Å². The van der Waals surface area contributed by atoms with Crippen molar-refractivity contribution in [3.63, 3.8) is 0 Å². The average molecular weight is 171 g/mol. The highest BCUT2D eigenvalue weighted by Crippen LogP contribution is 2.21. The van der Waals surface area contributed by atoms with Gasteiger partial charge in [0.1, 0.15) is 0 Å². The van der Waals surface area contributed by atoms with Crippen LogP contribution in [0.5, 0.6) is 0 Å². The van der Waals surface area contributed by atoms with Gasteiger partial charge in [0, 0.05) is 6.20 Å². The topological polar surface area (TPSA) is 12.9 Å². The van der Waals surface area contributed by atoms with Crippen molar-refractivity contribution >= 4 is 5.57 Å². The molecule has 0 atom stereocenters. The Balaban J connectivity index is 2.34. The van der Waals surface area contributed by atoms with Crippen molar-refractivity contribution in [1.82, 2.24) is 4.98 Å². The summed E-state index contributed by atoms with van der Waals surface area (Å²) in [6.45, 7) is 2.10. The van der Waals surface area contributed by atoms with E-state index in [9.17, 15) is 0 Å². The van der Waals surface area contributed by atoms with Crippen molar-refractivity contribution in [3.8, 4) is 0 Å². The van der Waals surface area contributed by atoms with E-state index in [0.717, 1.165) is 18.5 Å². The van der Waals surface area contributed by atoms with Crippen LogP contribution < -0.4 is 0 Å². The maximum absolute atomic E-state index is 4.36. The molecule has 1 aromatic heterocycles. The Hall–Kier alpha value is -1.37. The van der Waals surface area contributed by atoms with E-state index >= 15 is 0 Å². The molecule has 0 unspecified atom stereocenters. The van der Waals surface area contributed by atoms with Crippen molar-refractivity contribution in [3.05, 3.63) is 47.8 Å². The van der Waals surface area contributed by atoms with E-state index < -0.39 is 0 Å². The molecule has 0 amide bonds. The van der Waals surface area contributed by atoms with Crippen molar-refractivity contribution in [1.29, 1.82) is 0 Å². The second kappa shape index (κ2) is 3.56. The van der Waals surface area contributed by atoms with Crippen LogP contribution in [-0.2, 0) is 0 Å². The quantitative estimate of drug-likeness (QED) is 0.632. The lowest BCUT2D eigenvalue weighted by molar-refractivity contribution is 1.04. The summed E-state index contributed by atoms with van der Waals surface area (Å²) in [6, 6.07) is 4.17. The Morgan fingerprint density at radius 1 is 1.38 bits per heavy atom. The van der Waals surface area contributed by atoms with Gasteiger partial charge in [-0.25, -0.2) is 0 Å². The number of pyridine rings is 1. The van der Waals surface area contributed by atoms with Gasteiger partial charge in [-0.1, -0.05) is 18.2 Å². The molecular formula is C12H13N. The third kappa shape index (κ3) is 1.86. The predicted octanol–water partition coefficient (Wildman–Crippen LogP) is 3.12. The van der Waals surface area contributed by atoms with Gasteiger partial charge < -0.3 is 0 Å². The normalized spacial score (nSPS) is 15.6. The molecule has 2 rings (SSSR count). The highest BCUT2D eigenvalue weighted by atomic mass is 14.7. The first-order chi connectivity index (χ1) is 6.36. The first kappa shape index (κ1) is 8.24. The third-order valence-corrected chi connectivity index (χ3v) is 2.26. The second-order valence-electron chi connectivity index (χ2n) is 3.38. The fourth-order valence-corrected chi connectivity index (χ4v) is 1.53. The molecule has 1 aromatic rings. The number of aromatic nitrogens is 1. The Morgan fingerprint density at radius 2 is 2.31 bits per heavy atom. The number of nitrogens with zero attached hydrogens (tertiary/aromatic N) is 1. The summed E-state index contributed by atoms with van der Waals surface area (Å²) < 4.78 is 0. The SMILES string of the molecule is Cc1ccnc(C2=CC=CCC2)c1. The summed E-state index contributed by atoms with van der Waals surface area (Å²) in [4.78, 5) is 4.36. The van der Waals surface area contributed by atoms with Crippen LogP contribution in [0.4, 0.5) is 0 Å². The number of aryl methyl sites for hydroxylation is 1. The molecule has 0 saturated heterocycles. The maximum atomic E-state index is 4.36. The van der Waals surface area contributed by atoms with Crippen molar-refractivity contribution in [2.24, 2.45) is 0 Å². The highest BCUT2D eigenvalue weighted by Gasteiger charge is 2.03. The summed E-state index contributed by atoms with van der Waals surface area (Å²) in [7, 11) is 0. The first-order valence-corrected chi connectivity index (χ1v) is 4.65. The Morgan fingerprint density at radius 3 is 3.00 bits per heavy atom. The second-order valence-corrected chi connectivity index (χ2v) is 3.38. The van der Waals surface area contributed by atoms with E-state index in [4.69, 9.17) is 0 Å². The van der Waals surface area contributed by atoms with Gasteiger partial charge in [-0.2, -0.15) is 0 Å². The zero-order valence-corrected chi connectivity index (χ0v) is 7.83. The van der Waals surface area contributed by atoms with E-state index in [-0.39, 0.29) is 0 Å². The first-order valence-electron chi connectivity index (χ1n) is 4.65. The molecular weight excluding hydrogens is 158 g/mol. The smallest absolute Gasteiger partial charge is 0.0664 e. The fraction of sp³-hybridized carbons (Fsp3) is 0.250. The molecule has 66 valence electrons. The minimum Gasteiger partial charge on any atom is -0.257 e. The maximum Gasteiger partial charge on any atom is 0.0664 e. The van der Waals surface area contributed by atoms with Crippen LogP contribution in [0.25, 0.3) is 5.57 Å². The van der Waals surface area contributed by atoms with Crippen LogP contribution in [0.2, 0.25) is 0 Å². The molecule has 0 radical (unpaired) electrons. The average Bonchev–Trinajstić information content (AvgIpc) is 2.19. The molecule has 1 aliphatic carbocycles. The monoisotopic (exact) mass is 171 g/mol. The van der Waals surface area contributed by atoms with Crippen molar-refractivity contribution < 1.29 is 0 Å². The fourth-order valence-electron chi connectivity index (χ4n) is 1.53. The van der Waals surface area contributed by atoms with E-state index in [1.165, 1.54) is 11.1 Å². The molecule has 0 saturated carbocycles. The summed E-state index contributed by atoms with van der Waals surface area (Å²) >= 11 is 0. The standard InChI is InChI=1S/C12H13N/c1-10-7-8-13-12(9-10)11-5-3-2-4-6-11/h2-3,5,7-9H,4,6H2,1H3. The van der Waals surface area contributed by atoms with E-state index in [0.29, 0.717) is 0 Å². The molecule has 0 bridgehead atoms. The lowest BCUT2D eigenvalue weighted by atomic mass is 10.0. The predicted molar refractivity (Wildman–Crippen MR) is 55.3 cm³/mol. The molecule has 1 heteroatoms. The summed E-state index contributed by atoms with van der Waals surface area (Å²) in [5, 5.41) is 0. The zero-order chi connectivity index (χ0) is 9.10. The van der Waals surface area contributed by atoms with Crippen molar-refractivity contribution in [2.75, 3.05) is 0 Å². The molecule has 0 fully saturated rings. The van der Waals surface area contributed by atoms with Gasteiger partial charge in [0.15, 0.2) is 0 Å². The Labute approximate surface area is 78.8 Å². The van der Waals surface area contributed by atoms with Gasteiger partial charge in [-0.15, -0.1) is 0 Å².